The number of sulfonamides is 1. The summed E-state index contributed by atoms with van der Waals surface area (Å²) in [7, 11) is -2.71. The van der Waals surface area contributed by atoms with E-state index >= 15 is 0 Å². The van der Waals surface area contributed by atoms with E-state index in [1.165, 1.54) is 18.2 Å². The lowest BCUT2D eigenvalue weighted by atomic mass is 10.1. The van der Waals surface area contributed by atoms with Crippen LogP contribution in [0.4, 0.5) is 10.5 Å². The Kier molecular flexibility index (Phi) is 8.15. The maximum atomic E-state index is 13.4. The molecule has 0 bridgehead atoms. The molecule has 11 heteroatoms. The summed E-state index contributed by atoms with van der Waals surface area (Å²) < 4.78 is 38.1. The van der Waals surface area contributed by atoms with Crippen LogP contribution < -0.4 is 15.4 Å². The molecule has 0 aliphatic carbocycles. The number of carbonyl (C=O) groups excluding carboxylic acids is 3. The number of carbonyl (C=O) groups is 3. The van der Waals surface area contributed by atoms with Gasteiger partial charge in [-0.15, -0.1) is 0 Å². The van der Waals surface area contributed by atoms with Gasteiger partial charge in [0, 0.05) is 12.1 Å². The topological polar surface area (TPSA) is 131 Å². The van der Waals surface area contributed by atoms with E-state index in [9.17, 15) is 22.8 Å². The molecule has 3 aromatic carbocycles. The number of benzene rings is 3. The van der Waals surface area contributed by atoms with Crippen LogP contribution in [-0.2, 0) is 39.1 Å². The second-order valence-corrected chi connectivity index (χ2v) is 12.1. The minimum Gasteiger partial charge on any atom is -0.497 e. The molecule has 1 aliphatic heterocycles. The van der Waals surface area contributed by atoms with Crippen LogP contribution >= 0.6 is 0 Å². The Morgan fingerprint density at radius 1 is 0.950 bits per heavy atom. The standard InChI is InChI=1S/C29H31N3O7S/c1-29(2,3)39-26(33)15-19-8-10-20(11-9-19)18-32-28(35)31-24-13-12-22(16-25(24)40(32,36)37)27(34)30-17-21-6-5-7-23(14-21)38-4/h5-14,16H,15,17-18H2,1-4H3,(H,30,34)(H,31,35). The third-order valence-electron chi connectivity index (χ3n) is 5.98. The van der Waals surface area contributed by atoms with Gasteiger partial charge in [-0.25, -0.2) is 17.5 Å². The van der Waals surface area contributed by atoms with Gasteiger partial charge >= 0.3 is 12.0 Å². The molecule has 0 radical (unpaired) electrons. The molecular weight excluding hydrogens is 534 g/mol. The zero-order valence-electron chi connectivity index (χ0n) is 22.7. The lowest BCUT2D eigenvalue weighted by Crippen LogP contribution is -2.43. The lowest BCUT2D eigenvalue weighted by molar-refractivity contribution is -0.153. The molecule has 0 atom stereocenters. The summed E-state index contributed by atoms with van der Waals surface area (Å²) in [5, 5.41) is 5.35. The molecule has 0 saturated heterocycles. The number of anilines is 1. The van der Waals surface area contributed by atoms with E-state index < -0.39 is 27.6 Å². The molecule has 1 aliphatic rings. The number of fused-ring (bicyclic) bond motifs is 1. The average molecular weight is 566 g/mol. The molecule has 0 saturated carbocycles. The highest BCUT2D eigenvalue weighted by Gasteiger charge is 2.37. The van der Waals surface area contributed by atoms with Crippen molar-refractivity contribution >= 4 is 33.6 Å². The first kappa shape index (κ1) is 28.6. The Morgan fingerprint density at radius 2 is 1.65 bits per heavy atom. The van der Waals surface area contributed by atoms with Gasteiger partial charge in [0.25, 0.3) is 15.9 Å². The zero-order chi connectivity index (χ0) is 29.1. The highest BCUT2D eigenvalue weighted by atomic mass is 32.2. The van der Waals surface area contributed by atoms with Crippen molar-refractivity contribution in [3.05, 3.63) is 89.0 Å². The Balaban J connectivity index is 1.47. The first-order chi connectivity index (χ1) is 18.9. The van der Waals surface area contributed by atoms with Crippen LogP contribution in [0, 0.1) is 0 Å². The van der Waals surface area contributed by atoms with Gasteiger partial charge in [-0.1, -0.05) is 36.4 Å². The van der Waals surface area contributed by atoms with E-state index in [1.807, 2.05) is 6.07 Å². The predicted molar refractivity (Wildman–Crippen MR) is 148 cm³/mol. The molecule has 0 spiro atoms. The molecule has 40 heavy (non-hydrogen) atoms. The molecule has 0 aromatic heterocycles. The molecule has 0 unspecified atom stereocenters. The third-order valence-corrected chi connectivity index (χ3v) is 7.75. The van der Waals surface area contributed by atoms with Crippen LogP contribution in [0.5, 0.6) is 5.75 Å². The largest absolute Gasteiger partial charge is 0.497 e. The van der Waals surface area contributed by atoms with Crippen molar-refractivity contribution in [1.29, 1.82) is 0 Å². The van der Waals surface area contributed by atoms with Crippen LogP contribution in [0.3, 0.4) is 0 Å². The number of hydrogen-bond donors (Lipinski definition) is 2. The van der Waals surface area contributed by atoms with E-state index in [2.05, 4.69) is 10.6 Å². The van der Waals surface area contributed by atoms with Crippen molar-refractivity contribution in [2.75, 3.05) is 12.4 Å². The summed E-state index contributed by atoms with van der Waals surface area (Å²) in [4.78, 5) is 37.5. The summed E-state index contributed by atoms with van der Waals surface area (Å²) in [6.07, 6.45) is 0.0656. The van der Waals surface area contributed by atoms with Crippen LogP contribution in [0.1, 0.15) is 47.8 Å². The number of urea groups is 1. The van der Waals surface area contributed by atoms with E-state index in [-0.39, 0.29) is 41.6 Å². The Bertz CT molecular complexity index is 1540. The van der Waals surface area contributed by atoms with Crippen LogP contribution in [0.25, 0.3) is 0 Å². The number of esters is 1. The van der Waals surface area contributed by atoms with Crippen molar-refractivity contribution in [3.8, 4) is 5.75 Å². The van der Waals surface area contributed by atoms with E-state index in [0.717, 1.165) is 9.87 Å². The Hall–Kier alpha value is -4.38. The van der Waals surface area contributed by atoms with E-state index in [4.69, 9.17) is 9.47 Å². The minimum atomic E-state index is -4.26. The average Bonchev–Trinajstić information content (AvgIpc) is 2.89. The molecule has 2 N–H and O–H groups in total. The van der Waals surface area contributed by atoms with Gasteiger partial charge in [0.15, 0.2) is 0 Å². The molecular formula is C29H31N3O7S. The molecule has 3 aromatic rings. The summed E-state index contributed by atoms with van der Waals surface area (Å²) in [6.45, 7) is 5.34. The molecule has 1 heterocycles. The van der Waals surface area contributed by atoms with Gasteiger partial charge in [-0.2, -0.15) is 0 Å². The van der Waals surface area contributed by atoms with Gasteiger partial charge in [0.05, 0.1) is 25.8 Å². The number of nitrogens with one attached hydrogen (secondary N) is 2. The molecule has 0 fully saturated rings. The van der Waals surface area contributed by atoms with Crippen LogP contribution in [-0.4, -0.2) is 43.3 Å². The van der Waals surface area contributed by atoms with Crippen molar-refractivity contribution in [2.45, 2.75) is 50.8 Å². The summed E-state index contributed by atoms with van der Waals surface area (Å²) in [6, 6.07) is 17.2. The van der Waals surface area contributed by atoms with Crippen molar-refractivity contribution in [2.24, 2.45) is 0 Å². The van der Waals surface area contributed by atoms with Gasteiger partial charge in [0.2, 0.25) is 0 Å². The normalized spacial score (nSPS) is 14.1. The van der Waals surface area contributed by atoms with Gasteiger partial charge in [0.1, 0.15) is 16.2 Å². The number of rotatable bonds is 8. The highest BCUT2D eigenvalue weighted by molar-refractivity contribution is 7.90. The molecule has 4 rings (SSSR count). The number of amides is 3. The smallest absolute Gasteiger partial charge is 0.336 e. The van der Waals surface area contributed by atoms with Gasteiger partial charge in [-0.3, -0.25) is 9.59 Å². The Morgan fingerprint density at radius 3 is 2.33 bits per heavy atom. The molecule has 3 amide bonds. The van der Waals surface area contributed by atoms with Crippen molar-refractivity contribution in [1.82, 2.24) is 9.62 Å². The summed E-state index contributed by atoms with van der Waals surface area (Å²) in [5.41, 5.74) is 1.68. The fourth-order valence-corrected chi connectivity index (χ4v) is 5.58. The maximum absolute atomic E-state index is 13.4. The monoisotopic (exact) mass is 565 g/mol. The number of methoxy groups -OCH3 is 1. The van der Waals surface area contributed by atoms with Crippen LogP contribution in [0.2, 0.25) is 0 Å². The summed E-state index contributed by atoms with van der Waals surface area (Å²) in [5.74, 6) is -0.192. The van der Waals surface area contributed by atoms with Gasteiger partial charge < -0.3 is 20.1 Å². The fraction of sp³-hybridized carbons (Fsp3) is 0.276. The quantitative estimate of drug-likeness (QED) is 0.391. The van der Waals surface area contributed by atoms with E-state index in [0.29, 0.717) is 16.9 Å². The highest BCUT2D eigenvalue weighted by Crippen LogP contribution is 2.32. The van der Waals surface area contributed by atoms with Crippen molar-refractivity contribution < 1.29 is 32.3 Å². The SMILES string of the molecule is COc1cccc(CNC(=O)c2ccc3c(c2)S(=O)(=O)N(Cc2ccc(CC(=O)OC(C)(C)C)cc2)C(=O)N3)c1. The second-order valence-electron chi connectivity index (χ2n) is 10.3. The lowest BCUT2D eigenvalue weighted by Gasteiger charge is -2.29. The predicted octanol–water partition coefficient (Wildman–Crippen LogP) is 4.25. The van der Waals surface area contributed by atoms with E-state index in [1.54, 1.807) is 70.3 Å². The maximum Gasteiger partial charge on any atom is 0.336 e. The summed E-state index contributed by atoms with van der Waals surface area (Å²) >= 11 is 0. The van der Waals surface area contributed by atoms with Gasteiger partial charge in [-0.05, 0) is 67.8 Å². The Labute approximate surface area is 233 Å². The molecule has 210 valence electrons. The zero-order valence-corrected chi connectivity index (χ0v) is 23.5. The van der Waals surface area contributed by atoms with Crippen LogP contribution in [0.15, 0.2) is 71.6 Å². The molecule has 10 nitrogen and oxygen atoms in total. The number of nitrogens with zero attached hydrogens (tertiary/aromatic N) is 1. The number of ether oxygens (including phenoxy) is 2. The fourth-order valence-electron chi connectivity index (χ4n) is 4.08. The third kappa shape index (κ3) is 6.78. The first-order valence-corrected chi connectivity index (χ1v) is 14.0. The minimum absolute atomic E-state index is 0.0656. The second kappa shape index (κ2) is 11.4. The first-order valence-electron chi connectivity index (χ1n) is 12.5. The van der Waals surface area contributed by atoms with Crippen molar-refractivity contribution in [3.63, 3.8) is 0 Å². The number of hydrogen-bond acceptors (Lipinski definition) is 7.